The number of para-hydroxylation sites is 1. The van der Waals surface area contributed by atoms with Crippen LogP contribution in [0.4, 0.5) is 5.82 Å². The fourth-order valence-corrected chi connectivity index (χ4v) is 3.91. The van der Waals surface area contributed by atoms with Gasteiger partial charge in [0.1, 0.15) is 18.4 Å². The maximum atomic E-state index is 12.6. The zero-order chi connectivity index (χ0) is 25.7. The second-order valence-corrected chi connectivity index (χ2v) is 8.17. The topological polar surface area (TPSA) is 113 Å². The van der Waals surface area contributed by atoms with Crippen LogP contribution in [-0.2, 0) is 14.3 Å². The Morgan fingerprint density at radius 1 is 0.944 bits per heavy atom. The largest absolute Gasteiger partial charge is 0.454 e. The average Bonchev–Trinajstić information content (AvgIpc) is 3.14. The van der Waals surface area contributed by atoms with E-state index in [1.807, 2.05) is 67.6 Å². The molecular weight excluding hydrogens is 456 g/mol. The number of esters is 1. The summed E-state index contributed by atoms with van der Waals surface area (Å²) < 4.78 is 6.81. The van der Waals surface area contributed by atoms with E-state index in [9.17, 15) is 19.6 Å². The van der Waals surface area contributed by atoms with Crippen molar-refractivity contribution >= 4 is 34.4 Å². The third kappa shape index (κ3) is 5.10. The molecule has 4 rings (SSSR count). The number of nitriles is 1. The summed E-state index contributed by atoms with van der Waals surface area (Å²) in [6, 6.07) is 24.3. The number of nitrogens with zero attached hydrogens (tertiary/aromatic N) is 2. The maximum absolute atomic E-state index is 12.6. The summed E-state index contributed by atoms with van der Waals surface area (Å²) in [7, 11) is 0. The zero-order valence-corrected chi connectivity index (χ0v) is 19.9. The molecule has 1 heterocycles. The Balaban J connectivity index is 1.36. The quantitative estimate of drug-likeness (QED) is 0.388. The van der Waals surface area contributed by atoms with Gasteiger partial charge in [-0.3, -0.25) is 19.0 Å². The second kappa shape index (κ2) is 10.6. The summed E-state index contributed by atoms with van der Waals surface area (Å²) in [5.41, 5.74) is 3.07. The number of carbonyl (C=O) groups is 3. The van der Waals surface area contributed by atoms with Gasteiger partial charge in [0.25, 0.3) is 11.8 Å². The molecule has 0 fully saturated rings. The molecule has 180 valence electrons. The third-order valence-corrected chi connectivity index (χ3v) is 5.87. The molecule has 0 saturated heterocycles. The number of carbonyl (C=O) groups excluding carboxylic acids is 3. The van der Waals surface area contributed by atoms with E-state index in [1.165, 1.54) is 0 Å². The highest BCUT2D eigenvalue weighted by molar-refractivity contribution is 6.00. The van der Waals surface area contributed by atoms with Gasteiger partial charge in [-0.05, 0) is 54.4 Å². The highest BCUT2D eigenvalue weighted by Crippen LogP contribution is 2.29. The first-order valence-corrected chi connectivity index (χ1v) is 11.3. The van der Waals surface area contributed by atoms with Crippen molar-refractivity contribution in [2.45, 2.75) is 13.8 Å². The van der Waals surface area contributed by atoms with Gasteiger partial charge in [-0.2, -0.15) is 5.26 Å². The summed E-state index contributed by atoms with van der Waals surface area (Å²) in [4.78, 5) is 37.1. The number of anilines is 1. The van der Waals surface area contributed by atoms with E-state index in [2.05, 4.69) is 16.7 Å². The van der Waals surface area contributed by atoms with E-state index in [0.717, 1.165) is 27.7 Å². The zero-order valence-electron chi connectivity index (χ0n) is 19.9. The van der Waals surface area contributed by atoms with Crippen LogP contribution in [0.1, 0.15) is 27.2 Å². The van der Waals surface area contributed by atoms with E-state index in [0.29, 0.717) is 16.9 Å². The summed E-state index contributed by atoms with van der Waals surface area (Å²) in [5.74, 6) is -1.47. The second-order valence-electron chi connectivity index (χ2n) is 8.17. The molecule has 0 saturated carbocycles. The molecule has 0 aliphatic rings. The van der Waals surface area contributed by atoms with Crippen LogP contribution in [0.5, 0.6) is 0 Å². The lowest BCUT2D eigenvalue weighted by Crippen LogP contribution is -2.32. The number of amides is 2. The molecule has 2 N–H and O–H groups in total. The minimum atomic E-state index is -0.759. The van der Waals surface area contributed by atoms with Crippen LogP contribution < -0.4 is 10.6 Å². The molecule has 3 aromatic carbocycles. The van der Waals surface area contributed by atoms with Crippen LogP contribution in [-0.4, -0.2) is 35.5 Å². The van der Waals surface area contributed by atoms with Crippen LogP contribution in [0.3, 0.4) is 0 Å². The number of ether oxygens (including phenoxy) is 1. The molecule has 0 aliphatic heterocycles. The molecule has 36 heavy (non-hydrogen) atoms. The smallest absolute Gasteiger partial charge is 0.325 e. The van der Waals surface area contributed by atoms with Gasteiger partial charge in [0.2, 0.25) is 0 Å². The van der Waals surface area contributed by atoms with Crippen molar-refractivity contribution in [2.75, 3.05) is 18.5 Å². The van der Waals surface area contributed by atoms with Crippen molar-refractivity contribution in [2.24, 2.45) is 0 Å². The first kappa shape index (κ1) is 24.2. The highest BCUT2D eigenvalue weighted by atomic mass is 16.5. The van der Waals surface area contributed by atoms with Gasteiger partial charge in [-0.15, -0.1) is 0 Å². The summed E-state index contributed by atoms with van der Waals surface area (Å²) in [6.45, 7) is 2.72. The SMILES string of the molecule is Cc1c(C#N)c(NC(=O)COC(=O)CNC(=O)c2ccc3ccccc3c2)n(-c2ccccc2)c1C. The Morgan fingerprint density at radius 2 is 1.64 bits per heavy atom. The number of hydrogen-bond donors (Lipinski definition) is 2. The van der Waals surface area contributed by atoms with Crippen molar-refractivity contribution in [3.63, 3.8) is 0 Å². The number of nitrogens with one attached hydrogen (secondary N) is 2. The number of hydrogen-bond acceptors (Lipinski definition) is 5. The van der Waals surface area contributed by atoms with E-state index < -0.39 is 24.4 Å². The molecule has 0 atom stereocenters. The molecule has 0 aliphatic carbocycles. The first-order chi connectivity index (χ1) is 17.4. The molecule has 0 bridgehead atoms. The Kier molecular flexibility index (Phi) is 7.12. The maximum Gasteiger partial charge on any atom is 0.325 e. The van der Waals surface area contributed by atoms with E-state index >= 15 is 0 Å². The van der Waals surface area contributed by atoms with Crippen LogP contribution >= 0.6 is 0 Å². The van der Waals surface area contributed by atoms with Gasteiger partial charge in [-0.1, -0.05) is 48.5 Å². The predicted molar refractivity (Wildman–Crippen MR) is 136 cm³/mol. The molecule has 4 aromatic rings. The fraction of sp³-hybridized carbons (Fsp3) is 0.143. The van der Waals surface area contributed by atoms with Crippen LogP contribution in [0.2, 0.25) is 0 Å². The number of benzene rings is 3. The molecular formula is C28H24N4O4. The lowest BCUT2D eigenvalue weighted by Gasteiger charge is -2.13. The Morgan fingerprint density at radius 3 is 2.36 bits per heavy atom. The Hall–Kier alpha value is -4.90. The summed E-state index contributed by atoms with van der Waals surface area (Å²) >= 11 is 0. The van der Waals surface area contributed by atoms with Gasteiger partial charge in [0.05, 0.1) is 5.56 Å². The van der Waals surface area contributed by atoms with Gasteiger partial charge < -0.3 is 15.4 Å². The van der Waals surface area contributed by atoms with Crippen molar-refractivity contribution < 1.29 is 19.1 Å². The molecule has 2 amide bonds. The van der Waals surface area contributed by atoms with Crippen molar-refractivity contribution in [3.8, 4) is 11.8 Å². The number of rotatable bonds is 7. The van der Waals surface area contributed by atoms with E-state index in [4.69, 9.17) is 4.74 Å². The number of aromatic nitrogens is 1. The summed E-state index contributed by atoms with van der Waals surface area (Å²) in [6.07, 6.45) is 0. The fourth-order valence-electron chi connectivity index (χ4n) is 3.91. The van der Waals surface area contributed by atoms with Crippen LogP contribution in [0.25, 0.3) is 16.5 Å². The van der Waals surface area contributed by atoms with Crippen LogP contribution in [0, 0.1) is 25.2 Å². The molecule has 1 aromatic heterocycles. The molecule has 0 spiro atoms. The minimum Gasteiger partial charge on any atom is -0.454 e. The van der Waals surface area contributed by atoms with Crippen molar-refractivity contribution in [1.29, 1.82) is 5.26 Å². The monoisotopic (exact) mass is 480 g/mol. The van der Waals surface area contributed by atoms with Gasteiger partial charge >= 0.3 is 5.97 Å². The summed E-state index contributed by atoms with van der Waals surface area (Å²) in [5, 5.41) is 16.8. The van der Waals surface area contributed by atoms with Gasteiger partial charge in [-0.25, -0.2) is 0 Å². The van der Waals surface area contributed by atoms with Gasteiger partial charge in [0.15, 0.2) is 6.61 Å². The predicted octanol–water partition coefficient (Wildman–Crippen LogP) is 4.03. The van der Waals surface area contributed by atoms with E-state index in [-0.39, 0.29) is 6.54 Å². The molecule has 8 heteroatoms. The average molecular weight is 481 g/mol. The Bertz CT molecular complexity index is 1500. The van der Waals surface area contributed by atoms with Crippen LogP contribution in [0.15, 0.2) is 72.8 Å². The number of fused-ring (bicyclic) bond motifs is 1. The van der Waals surface area contributed by atoms with Crippen molar-refractivity contribution in [1.82, 2.24) is 9.88 Å². The van der Waals surface area contributed by atoms with E-state index in [1.54, 1.807) is 23.6 Å². The normalized spacial score (nSPS) is 10.5. The lowest BCUT2D eigenvalue weighted by molar-refractivity contribution is -0.146. The minimum absolute atomic E-state index is 0.310. The molecule has 0 unspecified atom stereocenters. The molecule has 8 nitrogen and oxygen atoms in total. The standard InChI is InChI=1S/C28H24N4O4/c1-18-19(2)32(23-10-4-3-5-11-23)27(24(18)15-29)31-25(33)17-36-26(34)16-30-28(35)22-13-12-20-8-6-7-9-21(20)14-22/h3-14H,16-17H2,1-2H3,(H,30,35)(H,31,33). The third-order valence-electron chi connectivity index (χ3n) is 5.87. The Labute approximate surface area is 208 Å². The molecule has 0 radical (unpaired) electrons. The van der Waals surface area contributed by atoms with Gasteiger partial charge in [0, 0.05) is 16.9 Å². The lowest BCUT2D eigenvalue weighted by atomic mass is 10.1. The van der Waals surface area contributed by atoms with Crippen molar-refractivity contribution in [3.05, 3.63) is 95.2 Å². The highest BCUT2D eigenvalue weighted by Gasteiger charge is 2.21. The first-order valence-electron chi connectivity index (χ1n) is 11.3.